The summed E-state index contributed by atoms with van der Waals surface area (Å²) in [5.41, 5.74) is 1.01. The highest BCUT2D eigenvalue weighted by Crippen LogP contribution is 2.28. The molecule has 134 valence electrons. The van der Waals surface area contributed by atoms with Crippen molar-refractivity contribution < 1.29 is 14.3 Å². The van der Waals surface area contributed by atoms with Crippen LogP contribution in [-0.4, -0.2) is 35.2 Å². The molecule has 0 aliphatic heterocycles. The van der Waals surface area contributed by atoms with Crippen LogP contribution in [0.2, 0.25) is 0 Å². The van der Waals surface area contributed by atoms with Crippen molar-refractivity contribution in [3.8, 4) is 11.5 Å². The molecular weight excluding hydrogens is 322 g/mol. The number of nitrogens with zero attached hydrogens (tertiary/aromatic N) is 2. The van der Waals surface area contributed by atoms with Gasteiger partial charge in [-0.25, -0.2) is 4.98 Å². The average Bonchev–Trinajstić information content (AvgIpc) is 2.58. The van der Waals surface area contributed by atoms with Gasteiger partial charge in [-0.15, -0.1) is 0 Å². The number of ether oxygens (including phenoxy) is 2. The Kier molecular flexibility index (Phi) is 6.56. The monoisotopic (exact) mass is 345 g/mol. The number of nitrogens with one attached hydrogen (secondary N) is 1. The van der Waals surface area contributed by atoms with E-state index in [1.165, 1.54) is 17.0 Å². The largest absolute Gasteiger partial charge is 0.490 e. The van der Waals surface area contributed by atoms with E-state index >= 15 is 0 Å². The molecule has 7 nitrogen and oxygen atoms in total. The lowest BCUT2D eigenvalue weighted by Gasteiger charge is -2.12. The van der Waals surface area contributed by atoms with Gasteiger partial charge in [-0.1, -0.05) is 0 Å². The number of aromatic nitrogens is 2. The average molecular weight is 345 g/mol. The zero-order chi connectivity index (χ0) is 18.2. The Labute approximate surface area is 146 Å². The van der Waals surface area contributed by atoms with Crippen molar-refractivity contribution >= 4 is 5.91 Å². The van der Waals surface area contributed by atoms with Crippen LogP contribution in [0.4, 0.5) is 0 Å². The molecule has 2 aromatic rings. The van der Waals surface area contributed by atoms with E-state index in [0.717, 1.165) is 0 Å². The summed E-state index contributed by atoms with van der Waals surface area (Å²) in [4.78, 5) is 28.1. The topological polar surface area (TPSA) is 82.5 Å². The SMILES string of the molecule is CCOc1ccc(C(=O)NCCn2cnc(C)cc2=O)cc1OCC. The third kappa shape index (κ3) is 5.07. The summed E-state index contributed by atoms with van der Waals surface area (Å²) < 4.78 is 12.5. The Bertz CT molecular complexity index is 786. The molecule has 1 N–H and O–H groups in total. The Hall–Kier alpha value is -2.83. The number of benzene rings is 1. The van der Waals surface area contributed by atoms with Crippen LogP contribution in [0.3, 0.4) is 0 Å². The quantitative estimate of drug-likeness (QED) is 0.788. The molecule has 0 spiro atoms. The van der Waals surface area contributed by atoms with Crippen molar-refractivity contribution in [1.29, 1.82) is 0 Å². The van der Waals surface area contributed by atoms with E-state index in [9.17, 15) is 9.59 Å². The molecule has 0 saturated carbocycles. The molecule has 25 heavy (non-hydrogen) atoms. The number of carbonyl (C=O) groups is 1. The Morgan fingerprint density at radius 3 is 2.56 bits per heavy atom. The van der Waals surface area contributed by atoms with Gasteiger partial charge in [-0.3, -0.25) is 14.2 Å². The number of hydrogen-bond acceptors (Lipinski definition) is 5. The van der Waals surface area contributed by atoms with Crippen LogP contribution < -0.4 is 20.3 Å². The van der Waals surface area contributed by atoms with E-state index in [0.29, 0.717) is 49.1 Å². The molecule has 0 unspecified atom stereocenters. The van der Waals surface area contributed by atoms with E-state index in [1.54, 1.807) is 25.1 Å². The van der Waals surface area contributed by atoms with Gasteiger partial charge in [0, 0.05) is 30.4 Å². The second-order valence-corrected chi connectivity index (χ2v) is 5.35. The summed E-state index contributed by atoms with van der Waals surface area (Å²) >= 11 is 0. The standard InChI is InChI=1S/C18H23N3O4/c1-4-24-15-7-6-14(11-16(15)25-5-2)18(23)19-8-9-21-12-20-13(3)10-17(21)22/h6-7,10-12H,4-5,8-9H2,1-3H3,(H,19,23). The number of aryl methyl sites for hydroxylation is 1. The summed E-state index contributed by atoms with van der Waals surface area (Å²) in [6, 6.07) is 6.52. The molecule has 0 atom stereocenters. The van der Waals surface area contributed by atoms with Gasteiger partial charge in [0.2, 0.25) is 0 Å². The third-order valence-corrected chi connectivity index (χ3v) is 3.46. The smallest absolute Gasteiger partial charge is 0.253 e. The molecule has 1 amide bonds. The van der Waals surface area contributed by atoms with Crippen molar-refractivity contribution in [2.75, 3.05) is 19.8 Å². The van der Waals surface area contributed by atoms with Crippen LogP contribution in [0.25, 0.3) is 0 Å². The minimum absolute atomic E-state index is 0.138. The van der Waals surface area contributed by atoms with Gasteiger partial charge in [0.15, 0.2) is 11.5 Å². The summed E-state index contributed by atoms with van der Waals surface area (Å²) in [7, 11) is 0. The maximum absolute atomic E-state index is 12.3. The van der Waals surface area contributed by atoms with Crippen molar-refractivity contribution in [2.45, 2.75) is 27.3 Å². The lowest BCUT2D eigenvalue weighted by molar-refractivity contribution is 0.0951. The highest BCUT2D eigenvalue weighted by atomic mass is 16.5. The molecule has 0 radical (unpaired) electrons. The highest BCUT2D eigenvalue weighted by molar-refractivity contribution is 5.94. The lowest BCUT2D eigenvalue weighted by Crippen LogP contribution is -2.30. The fraction of sp³-hybridized carbons (Fsp3) is 0.389. The van der Waals surface area contributed by atoms with Crippen LogP contribution in [-0.2, 0) is 6.54 Å². The molecule has 1 heterocycles. The second kappa shape index (κ2) is 8.86. The van der Waals surface area contributed by atoms with Gasteiger partial charge in [-0.2, -0.15) is 0 Å². The first kappa shape index (κ1) is 18.5. The first-order valence-electron chi connectivity index (χ1n) is 8.26. The van der Waals surface area contributed by atoms with Gasteiger partial charge < -0.3 is 14.8 Å². The zero-order valence-corrected chi connectivity index (χ0v) is 14.7. The molecule has 2 rings (SSSR count). The van der Waals surface area contributed by atoms with Crippen LogP contribution in [0.1, 0.15) is 29.9 Å². The Morgan fingerprint density at radius 2 is 1.88 bits per heavy atom. The third-order valence-electron chi connectivity index (χ3n) is 3.46. The predicted molar refractivity (Wildman–Crippen MR) is 94.3 cm³/mol. The zero-order valence-electron chi connectivity index (χ0n) is 14.7. The Morgan fingerprint density at radius 1 is 1.16 bits per heavy atom. The van der Waals surface area contributed by atoms with Crippen molar-refractivity contribution in [1.82, 2.24) is 14.9 Å². The van der Waals surface area contributed by atoms with Gasteiger partial charge in [-0.05, 0) is 39.0 Å². The van der Waals surface area contributed by atoms with E-state index < -0.39 is 0 Å². The number of amides is 1. The van der Waals surface area contributed by atoms with Gasteiger partial charge >= 0.3 is 0 Å². The summed E-state index contributed by atoms with van der Waals surface area (Å²) in [6.07, 6.45) is 1.48. The number of carbonyl (C=O) groups excluding carboxylic acids is 1. The molecule has 0 saturated heterocycles. The van der Waals surface area contributed by atoms with Crippen LogP contribution >= 0.6 is 0 Å². The van der Waals surface area contributed by atoms with Gasteiger partial charge in [0.25, 0.3) is 11.5 Å². The minimum Gasteiger partial charge on any atom is -0.490 e. The molecule has 0 bridgehead atoms. The highest BCUT2D eigenvalue weighted by Gasteiger charge is 2.11. The fourth-order valence-corrected chi connectivity index (χ4v) is 2.27. The van der Waals surface area contributed by atoms with E-state index in [-0.39, 0.29) is 11.5 Å². The molecule has 1 aromatic carbocycles. The minimum atomic E-state index is -0.239. The normalized spacial score (nSPS) is 10.4. The van der Waals surface area contributed by atoms with Crippen LogP contribution in [0, 0.1) is 6.92 Å². The van der Waals surface area contributed by atoms with Gasteiger partial charge in [0.05, 0.1) is 19.5 Å². The van der Waals surface area contributed by atoms with Crippen molar-refractivity contribution in [3.63, 3.8) is 0 Å². The van der Waals surface area contributed by atoms with E-state index in [4.69, 9.17) is 9.47 Å². The molecule has 0 fully saturated rings. The number of rotatable bonds is 8. The first-order valence-corrected chi connectivity index (χ1v) is 8.26. The lowest BCUT2D eigenvalue weighted by atomic mass is 10.2. The van der Waals surface area contributed by atoms with E-state index in [2.05, 4.69) is 10.3 Å². The maximum Gasteiger partial charge on any atom is 0.253 e. The molecule has 7 heteroatoms. The van der Waals surface area contributed by atoms with Crippen molar-refractivity contribution in [2.24, 2.45) is 0 Å². The predicted octanol–water partition coefficient (Wildman–Crippen LogP) is 1.78. The van der Waals surface area contributed by atoms with Crippen LogP contribution in [0.5, 0.6) is 11.5 Å². The second-order valence-electron chi connectivity index (χ2n) is 5.35. The first-order chi connectivity index (χ1) is 12.0. The molecular formula is C18H23N3O4. The molecule has 0 aliphatic carbocycles. The summed E-state index contributed by atoms with van der Waals surface area (Å²) in [5, 5.41) is 2.79. The maximum atomic E-state index is 12.3. The summed E-state index contributed by atoms with van der Waals surface area (Å²) in [5.74, 6) is 0.909. The van der Waals surface area contributed by atoms with Gasteiger partial charge in [0.1, 0.15) is 0 Å². The fourth-order valence-electron chi connectivity index (χ4n) is 2.27. The summed E-state index contributed by atoms with van der Waals surface area (Å²) in [6.45, 7) is 7.19. The van der Waals surface area contributed by atoms with E-state index in [1.807, 2.05) is 13.8 Å². The van der Waals surface area contributed by atoms with Crippen LogP contribution in [0.15, 0.2) is 35.4 Å². The molecule has 1 aromatic heterocycles. The number of hydrogen-bond donors (Lipinski definition) is 1. The van der Waals surface area contributed by atoms with Crippen molar-refractivity contribution in [3.05, 3.63) is 52.2 Å². The molecule has 0 aliphatic rings. The Balaban J connectivity index is 2.00.